The van der Waals surface area contributed by atoms with E-state index in [9.17, 15) is 22.4 Å². The summed E-state index contributed by atoms with van der Waals surface area (Å²) in [5.41, 5.74) is -0.0933. The molecule has 3 aromatic rings. The number of aromatic nitrogens is 2. The molecule has 1 heterocycles. The molecule has 0 atom stereocenters. The Labute approximate surface area is 157 Å². The molecule has 3 rings (SSSR count). The molecule has 0 aliphatic carbocycles. The van der Waals surface area contributed by atoms with Gasteiger partial charge in [-0.1, -0.05) is 18.2 Å². The highest BCUT2D eigenvalue weighted by Gasteiger charge is 2.29. The molecule has 0 fully saturated rings. The summed E-state index contributed by atoms with van der Waals surface area (Å²) in [6, 6.07) is 13.4. The number of amides is 1. The zero-order valence-corrected chi connectivity index (χ0v) is 14.3. The fourth-order valence-corrected chi connectivity index (χ4v) is 2.36. The molecular formula is C19H14F4N4O. The van der Waals surface area contributed by atoms with Gasteiger partial charge in [0, 0.05) is 5.69 Å². The van der Waals surface area contributed by atoms with Crippen LogP contribution in [-0.4, -0.2) is 16.1 Å². The van der Waals surface area contributed by atoms with Crippen molar-refractivity contribution in [1.29, 1.82) is 0 Å². The van der Waals surface area contributed by atoms with E-state index in [1.54, 1.807) is 6.07 Å². The molecule has 144 valence electrons. The van der Waals surface area contributed by atoms with Crippen molar-refractivity contribution in [2.45, 2.75) is 12.6 Å². The third kappa shape index (κ3) is 5.03. The summed E-state index contributed by atoms with van der Waals surface area (Å²) in [4.78, 5) is 12.0. The molecule has 9 heteroatoms. The van der Waals surface area contributed by atoms with Gasteiger partial charge in [0.15, 0.2) is 11.6 Å². The first-order valence-corrected chi connectivity index (χ1v) is 8.12. The second kappa shape index (κ2) is 8.03. The first-order valence-electron chi connectivity index (χ1n) is 8.12. The maximum absolute atomic E-state index is 13.6. The summed E-state index contributed by atoms with van der Waals surface area (Å²) < 4.78 is 51.2. The predicted molar refractivity (Wildman–Crippen MR) is 95.5 cm³/mol. The highest BCUT2D eigenvalue weighted by atomic mass is 19.4. The smallest absolute Gasteiger partial charge is 0.339 e. The van der Waals surface area contributed by atoms with E-state index in [2.05, 4.69) is 20.8 Å². The average Bonchev–Trinajstić information content (AvgIpc) is 2.65. The van der Waals surface area contributed by atoms with E-state index in [0.29, 0.717) is 5.69 Å². The van der Waals surface area contributed by atoms with Crippen LogP contribution in [0.5, 0.6) is 0 Å². The first kappa shape index (κ1) is 19.3. The highest BCUT2D eigenvalue weighted by molar-refractivity contribution is 5.91. The third-order valence-corrected chi connectivity index (χ3v) is 3.73. The number of anilines is 3. The molecule has 2 N–H and O–H groups in total. The average molecular weight is 390 g/mol. The fraction of sp³-hybridized carbons (Fsp3) is 0.105. The van der Waals surface area contributed by atoms with Crippen molar-refractivity contribution in [3.05, 3.63) is 77.6 Å². The molecule has 0 saturated heterocycles. The molecule has 0 aliphatic heterocycles. The number of hydrogen-bond acceptors (Lipinski definition) is 4. The molecule has 2 aromatic carbocycles. The van der Waals surface area contributed by atoms with Crippen molar-refractivity contribution < 1.29 is 22.4 Å². The summed E-state index contributed by atoms with van der Waals surface area (Å²) in [6.45, 7) is 0. The summed E-state index contributed by atoms with van der Waals surface area (Å²) in [6.07, 6.45) is -4.55. The molecule has 0 unspecified atom stereocenters. The lowest BCUT2D eigenvalue weighted by Crippen LogP contribution is -2.16. The summed E-state index contributed by atoms with van der Waals surface area (Å²) >= 11 is 0. The van der Waals surface area contributed by atoms with Crippen molar-refractivity contribution >= 4 is 23.2 Å². The summed E-state index contributed by atoms with van der Waals surface area (Å²) in [5.74, 6) is -0.478. The van der Waals surface area contributed by atoms with Crippen molar-refractivity contribution in [2.24, 2.45) is 0 Å². The van der Waals surface area contributed by atoms with Crippen LogP contribution in [0.25, 0.3) is 0 Å². The van der Waals surface area contributed by atoms with Gasteiger partial charge in [-0.2, -0.15) is 13.2 Å². The SMILES string of the molecule is O=C(Cc1ccccc1F)Nc1ccc(Nc2ccc(C(F)(F)F)cc2)nn1. The van der Waals surface area contributed by atoms with E-state index in [1.165, 1.54) is 42.5 Å². The van der Waals surface area contributed by atoms with Crippen molar-refractivity contribution in [2.75, 3.05) is 10.6 Å². The van der Waals surface area contributed by atoms with Crippen LogP contribution in [0.2, 0.25) is 0 Å². The highest BCUT2D eigenvalue weighted by Crippen LogP contribution is 2.30. The van der Waals surface area contributed by atoms with Crippen LogP contribution in [-0.2, 0) is 17.4 Å². The standard InChI is InChI=1S/C19H14F4N4O/c20-15-4-2-1-3-12(15)11-18(28)25-17-10-9-16(26-27-17)24-14-7-5-13(6-8-14)19(21,22)23/h1-10H,11H2,(H,24,26)(H,25,27,28). The lowest BCUT2D eigenvalue weighted by Gasteiger charge is -2.09. The van der Waals surface area contributed by atoms with Gasteiger partial charge in [-0.05, 0) is 48.0 Å². The molecule has 0 saturated carbocycles. The predicted octanol–water partition coefficient (Wildman–Crippen LogP) is 4.56. The lowest BCUT2D eigenvalue weighted by molar-refractivity contribution is -0.137. The monoisotopic (exact) mass is 390 g/mol. The Hall–Kier alpha value is -3.49. The van der Waals surface area contributed by atoms with E-state index in [1.807, 2.05) is 0 Å². The van der Waals surface area contributed by atoms with Gasteiger partial charge in [0.1, 0.15) is 5.82 Å². The summed E-state index contributed by atoms with van der Waals surface area (Å²) in [7, 11) is 0. The zero-order valence-electron chi connectivity index (χ0n) is 14.3. The molecule has 0 spiro atoms. The maximum atomic E-state index is 13.6. The number of hydrogen-bond donors (Lipinski definition) is 2. The molecule has 0 aliphatic rings. The van der Waals surface area contributed by atoms with Crippen LogP contribution in [0.4, 0.5) is 34.9 Å². The van der Waals surface area contributed by atoms with Gasteiger partial charge >= 0.3 is 6.18 Å². The van der Waals surface area contributed by atoms with Crippen molar-refractivity contribution in [3.8, 4) is 0 Å². The maximum Gasteiger partial charge on any atom is 0.416 e. The third-order valence-electron chi connectivity index (χ3n) is 3.73. The number of carbonyl (C=O) groups excluding carboxylic acids is 1. The number of halogens is 4. The normalized spacial score (nSPS) is 11.1. The number of nitrogens with zero attached hydrogens (tertiary/aromatic N) is 2. The van der Waals surface area contributed by atoms with Crippen LogP contribution in [0.15, 0.2) is 60.7 Å². The van der Waals surface area contributed by atoms with Crippen LogP contribution in [0, 0.1) is 5.82 Å². The van der Waals surface area contributed by atoms with Crippen LogP contribution in [0.3, 0.4) is 0 Å². The van der Waals surface area contributed by atoms with E-state index in [0.717, 1.165) is 12.1 Å². The van der Waals surface area contributed by atoms with Crippen LogP contribution in [0.1, 0.15) is 11.1 Å². The molecule has 1 amide bonds. The molecule has 0 bridgehead atoms. The van der Waals surface area contributed by atoms with E-state index in [4.69, 9.17) is 0 Å². The fourth-order valence-electron chi connectivity index (χ4n) is 2.36. The van der Waals surface area contributed by atoms with Gasteiger partial charge in [-0.15, -0.1) is 10.2 Å². The minimum atomic E-state index is -4.40. The largest absolute Gasteiger partial charge is 0.416 e. The van der Waals surface area contributed by atoms with Gasteiger partial charge in [0.05, 0.1) is 12.0 Å². The minimum absolute atomic E-state index is 0.153. The number of benzene rings is 2. The Morgan fingerprint density at radius 3 is 2.14 bits per heavy atom. The Kier molecular flexibility index (Phi) is 5.53. The number of carbonyl (C=O) groups is 1. The van der Waals surface area contributed by atoms with Gasteiger partial charge in [0.25, 0.3) is 0 Å². The number of alkyl halides is 3. The number of nitrogens with one attached hydrogen (secondary N) is 2. The van der Waals surface area contributed by atoms with E-state index < -0.39 is 23.5 Å². The van der Waals surface area contributed by atoms with Crippen molar-refractivity contribution in [1.82, 2.24) is 10.2 Å². The molecule has 5 nitrogen and oxygen atoms in total. The van der Waals surface area contributed by atoms with Gasteiger partial charge in [-0.25, -0.2) is 4.39 Å². The topological polar surface area (TPSA) is 66.9 Å². The molecule has 1 aromatic heterocycles. The van der Waals surface area contributed by atoms with Gasteiger partial charge in [-0.3, -0.25) is 4.79 Å². The quantitative estimate of drug-likeness (QED) is 0.627. The van der Waals surface area contributed by atoms with E-state index >= 15 is 0 Å². The van der Waals surface area contributed by atoms with Gasteiger partial charge in [0.2, 0.25) is 5.91 Å². The zero-order chi connectivity index (χ0) is 20.1. The minimum Gasteiger partial charge on any atom is -0.339 e. The second-order valence-electron chi connectivity index (χ2n) is 5.82. The Morgan fingerprint density at radius 2 is 1.54 bits per heavy atom. The molecule has 28 heavy (non-hydrogen) atoms. The Bertz CT molecular complexity index is 957. The van der Waals surface area contributed by atoms with Crippen LogP contribution >= 0.6 is 0 Å². The Morgan fingerprint density at radius 1 is 0.893 bits per heavy atom. The van der Waals surface area contributed by atoms with Gasteiger partial charge < -0.3 is 10.6 Å². The molecular weight excluding hydrogens is 376 g/mol. The Balaban J connectivity index is 1.59. The van der Waals surface area contributed by atoms with Crippen LogP contribution < -0.4 is 10.6 Å². The first-order chi connectivity index (χ1) is 13.3. The molecule has 0 radical (unpaired) electrons. The number of rotatable bonds is 5. The van der Waals surface area contributed by atoms with E-state index in [-0.39, 0.29) is 23.6 Å². The summed E-state index contributed by atoms with van der Waals surface area (Å²) in [5, 5.41) is 13.0. The lowest BCUT2D eigenvalue weighted by atomic mass is 10.1. The second-order valence-corrected chi connectivity index (χ2v) is 5.82. The van der Waals surface area contributed by atoms with Crippen molar-refractivity contribution in [3.63, 3.8) is 0 Å².